The van der Waals surface area contributed by atoms with Crippen molar-refractivity contribution in [3.63, 3.8) is 0 Å². The maximum atomic E-state index is 11.7. The number of aliphatic carboxylic acids is 1. The lowest BCUT2D eigenvalue weighted by Gasteiger charge is -2.02. The molecule has 0 saturated carbocycles. The molecule has 0 atom stereocenters. The molecule has 0 aromatic heterocycles. The predicted octanol–water partition coefficient (Wildman–Crippen LogP) is 1.41. The van der Waals surface area contributed by atoms with Crippen molar-refractivity contribution >= 4 is 40.7 Å². The van der Waals surface area contributed by atoms with Crippen molar-refractivity contribution < 1.29 is 38.7 Å². The van der Waals surface area contributed by atoms with Gasteiger partial charge in [0.1, 0.15) is 23.1 Å². The summed E-state index contributed by atoms with van der Waals surface area (Å²) in [6.45, 7) is 1.13. The predicted molar refractivity (Wildman–Crippen MR) is 89.5 cm³/mol. The van der Waals surface area contributed by atoms with E-state index in [2.05, 4.69) is 0 Å². The highest BCUT2D eigenvalue weighted by Gasteiger charge is 2.14. The smallest absolute Gasteiger partial charge is 0.303 e. The first-order chi connectivity index (χ1) is 12.1. The van der Waals surface area contributed by atoms with Crippen molar-refractivity contribution in [1.29, 1.82) is 0 Å². The average Bonchev–Trinajstić information content (AvgIpc) is 2.58. The third-order valence-electron chi connectivity index (χ3n) is 3.69. The highest BCUT2D eigenvalue weighted by atomic mass is 16.4. The summed E-state index contributed by atoms with van der Waals surface area (Å²) in [5, 5.41) is 8.45. The van der Waals surface area contributed by atoms with E-state index in [0.717, 1.165) is 6.92 Å². The lowest BCUT2D eigenvalue weighted by Crippen LogP contribution is -2.12. The molecule has 1 N–H and O–H groups in total. The molecule has 0 rings (SSSR count). The summed E-state index contributed by atoms with van der Waals surface area (Å²) in [6.07, 6.45) is -0.804. The van der Waals surface area contributed by atoms with Crippen LogP contribution in [0.5, 0.6) is 0 Å². The summed E-state index contributed by atoms with van der Waals surface area (Å²) in [7, 11) is 0. The summed E-state index contributed by atoms with van der Waals surface area (Å²) in [5.74, 6) is -3.42. The third-order valence-corrected chi connectivity index (χ3v) is 3.69. The van der Waals surface area contributed by atoms with Gasteiger partial charge in [-0.15, -0.1) is 0 Å². The number of hydrogen-bond acceptors (Lipinski definition) is 7. The fourth-order valence-electron chi connectivity index (χ4n) is 2.01. The minimum absolute atomic E-state index is 0.0257. The molecule has 0 saturated heterocycles. The Morgan fingerprint density at radius 2 is 0.769 bits per heavy atom. The SMILES string of the molecule is CC(=O)C(=O)CCC(=O)CCC(=O)CCC(=O)CCC(=O)CCC(=O)O. The number of rotatable bonds is 16. The molecule has 0 aliphatic carbocycles. The maximum Gasteiger partial charge on any atom is 0.303 e. The van der Waals surface area contributed by atoms with Crippen LogP contribution in [0.15, 0.2) is 0 Å². The molecule has 144 valence electrons. The van der Waals surface area contributed by atoms with Gasteiger partial charge < -0.3 is 5.11 Å². The van der Waals surface area contributed by atoms with Crippen LogP contribution < -0.4 is 0 Å². The molecule has 8 heteroatoms. The summed E-state index contributed by atoms with van der Waals surface area (Å²) >= 11 is 0. The van der Waals surface area contributed by atoms with E-state index in [4.69, 9.17) is 5.11 Å². The zero-order chi connectivity index (χ0) is 20.1. The Bertz CT molecular complexity index is 588. The second kappa shape index (κ2) is 12.8. The molecular weight excluding hydrogens is 344 g/mol. The molecule has 0 spiro atoms. The summed E-state index contributed by atoms with van der Waals surface area (Å²) in [5.41, 5.74) is 0. The maximum absolute atomic E-state index is 11.7. The lowest BCUT2D eigenvalue weighted by molar-refractivity contribution is -0.138. The van der Waals surface area contributed by atoms with Crippen molar-refractivity contribution in [3.05, 3.63) is 0 Å². The Morgan fingerprint density at radius 3 is 1.04 bits per heavy atom. The molecule has 0 fully saturated rings. The number of ketones is 6. The largest absolute Gasteiger partial charge is 0.481 e. The second-order valence-corrected chi connectivity index (χ2v) is 6.03. The zero-order valence-electron chi connectivity index (χ0n) is 14.9. The van der Waals surface area contributed by atoms with Crippen LogP contribution in [0, 0.1) is 0 Å². The lowest BCUT2D eigenvalue weighted by atomic mass is 10.0. The van der Waals surface area contributed by atoms with Gasteiger partial charge in [-0.1, -0.05) is 0 Å². The molecule has 0 aromatic rings. The fraction of sp³-hybridized carbons (Fsp3) is 0.611. The minimum atomic E-state index is -1.07. The Kier molecular flexibility index (Phi) is 11.6. The highest BCUT2D eigenvalue weighted by molar-refractivity contribution is 6.36. The molecule has 0 amide bonds. The first-order valence-corrected chi connectivity index (χ1v) is 8.44. The highest BCUT2D eigenvalue weighted by Crippen LogP contribution is 2.07. The Morgan fingerprint density at radius 1 is 0.500 bits per heavy atom. The topological polar surface area (TPSA) is 140 Å². The Hall–Kier alpha value is -2.51. The van der Waals surface area contributed by atoms with Crippen LogP contribution in [0.2, 0.25) is 0 Å². The van der Waals surface area contributed by atoms with Gasteiger partial charge in [-0.2, -0.15) is 0 Å². The summed E-state index contributed by atoms with van der Waals surface area (Å²) < 4.78 is 0. The van der Waals surface area contributed by atoms with E-state index in [1.807, 2.05) is 0 Å². The van der Waals surface area contributed by atoms with Gasteiger partial charge >= 0.3 is 5.97 Å². The molecular formula is C18H24O8. The van der Waals surface area contributed by atoms with E-state index in [1.54, 1.807) is 0 Å². The van der Waals surface area contributed by atoms with Crippen LogP contribution in [0.4, 0.5) is 0 Å². The first kappa shape index (κ1) is 23.5. The second-order valence-electron chi connectivity index (χ2n) is 6.03. The minimum Gasteiger partial charge on any atom is -0.481 e. The quantitative estimate of drug-likeness (QED) is 0.403. The number of Topliss-reactive ketones (excluding diaryl/α,β-unsaturated/α-hetero) is 6. The van der Waals surface area contributed by atoms with Crippen molar-refractivity contribution in [3.8, 4) is 0 Å². The van der Waals surface area contributed by atoms with Crippen LogP contribution in [0.25, 0.3) is 0 Å². The molecule has 0 radical (unpaired) electrons. The van der Waals surface area contributed by atoms with E-state index in [1.165, 1.54) is 0 Å². The molecule has 0 aliphatic rings. The normalized spacial score (nSPS) is 10.2. The van der Waals surface area contributed by atoms with Gasteiger partial charge in [0.25, 0.3) is 0 Å². The van der Waals surface area contributed by atoms with Crippen molar-refractivity contribution in [2.45, 2.75) is 71.1 Å². The van der Waals surface area contributed by atoms with E-state index in [9.17, 15) is 33.6 Å². The van der Waals surface area contributed by atoms with Crippen molar-refractivity contribution in [2.75, 3.05) is 0 Å². The fourth-order valence-corrected chi connectivity index (χ4v) is 2.01. The van der Waals surface area contributed by atoms with Crippen LogP contribution in [0.3, 0.4) is 0 Å². The number of hydrogen-bond donors (Lipinski definition) is 1. The van der Waals surface area contributed by atoms with Gasteiger partial charge in [0.15, 0.2) is 11.6 Å². The summed E-state index contributed by atoms with van der Waals surface area (Å²) in [4.78, 5) is 78.3. The van der Waals surface area contributed by atoms with Gasteiger partial charge in [0.05, 0.1) is 6.42 Å². The van der Waals surface area contributed by atoms with E-state index in [-0.39, 0.29) is 87.3 Å². The Labute approximate surface area is 151 Å². The van der Waals surface area contributed by atoms with Gasteiger partial charge in [-0.05, 0) is 0 Å². The van der Waals surface area contributed by atoms with E-state index < -0.39 is 17.5 Å². The van der Waals surface area contributed by atoms with Crippen LogP contribution in [0.1, 0.15) is 71.1 Å². The van der Waals surface area contributed by atoms with Gasteiger partial charge in [0, 0.05) is 64.7 Å². The number of carbonyl (C=O) groups excluding carboxylic acids is 6. The van der Waals surface area contributed by atoms with Gasteiger partial charge in [0.2, 0.25) is 0 Å². The zero-order valence-corrected chi connectivity index (χ0v) is 14.9. The molecule has 8 nitrogen and oxygen atoms in total. The van der Waals surface area contributed by atoms with Crippen LogP contribution >= 0.6 is 0 Å². The monoisotopic (exact) mass is 368 g/mol. The molecule has 0 heterocycles. The van der Waals surface area contributed by atoms with Gasteiger partial charge in [-0.25, -0.2) is 0 Å². The van der Waals surface area contributed by atoms with Gasteiger partial charge in [-0.3, -0.25) is 33.6 Å². The number of carbonyl (C=O) groups is 7. The molecule has 0 unspecified atom stereocenters. The first-order valence-electron chi connectivity index (χ1n) is 8.44. The third kappa shape index (κ3) is 12.9. The number of carboxylic acid groups (broad SMARTS) is 1. The molecule has 0 bridgehead atoms. The molecule has 0 aromatic carbocycles. The van der Waals surface area contributed by atoms with Crippen molar-refractivity contribution in [1.82, 2.24) is 0 Å². The van der Waals surface area contributed by atoms with E-state index in [0.29, 0.717) is 0 Å². The standard InChI is InChI=1S/C18H24O8/c1-12(19)17(24)10-8-15(22)6-4-13(20)2-3-14(21)5-7-16(23)9-11-18(25)26/h2-11H2,1H3,(H,25,26). The average molecular weight is 368 g/mol. The van der Waals surface area contributed by atoms with E-state index >= 15 is 0 Å². The Balaban J connectivity index is 3.87. The van der Waals surface area contributed by atoms with Crippen molar-refractivity contribution in [2.24, 2.45) is 0 Å². The molecule has 0 aliphatic heterocycles. The number of carboxylic acids is 1. The van der Waals surface area contributed by atoms with Crippen LogP contribution in [-0.4, -0.2) is 45.8 Å². The summed E-state index contributed by atoms with van der Waals surface area (Å²) in [6, 6.07) is 0. The molecule has 26 heavy (non-hydrogen) atoms. The van der Waals surface area contributed by atoms with Crippen LogP contribution in [-0.2, 0) is 33.6 Å².